The second kappa shape index (κ2) is 7.75. The van der Waals surface area contributed by atoms with Crippen LogP contribution in [0.3, 0.4) is 0 Å². The molecule has 0 fully saturated rings. The Morgan fingerprint density at radius 1 is 1.11 bits per heavy atom. The minimum absolute atomic E-state index is 0.348. The van der Waals surface area contributed by atoms with Gasteiger partial charge >= 0.3 is 5.97 Å². The lowest BCUT2D eigenvalue weighted by molar-refractivity contribution is 0.0697. The van der Waals surface area contributed by atoms with Crippen molar-refractivity contribution in [3.8, 4) is 0 Å². The number of nitrogens with zero attached hydrogens (tertiary/aromatic N) is 1. The molecule has 0 amide bonds. The SMILES string of the molecule is CCCCCCN(CC)c1ccc(C(=O)O)cc1. The third-order valence-corrected chi connectivity index (χ3v) is 3.14. The highest BCUT2D eigenvalue weighted by atomic mass is 16.4. The van der Waals surface area contributed by atoms with Crippen LogP contribution in [0.15, 0.2) is 24.3 Å². The van der Waals surface area contributed by atoms with Crippen molar-refractivity contribution in [2.45, 2.75) is 39.5 Å². The second-order valence-corrected chi connectivity index (χ2v) is 4.49. The van der Waals surface area contributed by atoms with Gasteiger partial charge in [0.25, 0.3) is 0 Å². The molecule has 0 aromatic heterocycles. The molecular formula is C15H23NO2. The Morgan fingerprint density at radius 2 is 1.78 bits per heavy atom. The first kappa shape index (κ1) is 14.6. The Balaban J connectivity index is 2.56. The molecule has 0 unspecified atom stereocenters. The number of unbranched alkanes of at least 4 members (excludes halogenated alkanes) is 3. The fourth-order valence-corrected chi connectivity index (χ4v) is 2.01. The quantitative estimate of drug-likeness (QED) is 0.712. The Labute approximate surface area is 109 Å². The molecule has 0 heterocycles. The average Bonchev–Trinajstić information content (AvgIpc) is 2.39. The molecule has 0 saturated heterocycles. The van der Waals surface area contributed by atoms with Gasteiger partial charge in [-0.2, -0.15) is 0 Å². The molecule has 100 valence electrons. The lowest BCUT2D eigenvalue weighted by Gasteiger charge is -2.23. The smallest absolute Gasteiger partial charge is 0.335 e. The summed E-state index contributed by atoms with van der Waals surface area (Å²) in [4.78, 5) is 13.1. The molecule has 1 N–H and O–H groups in total. The molecule has 0 aliphatic heterocycles. The van der Waals surface area contributed by atoms with E-state index >= 15 is 0 Å². The number of carboxylic acid groups (broad SMARTS) is 1. The van der Waals surface area contributed by atoms with Gasteiger partial charge in [0.2, 0.25) is 0 Å². The first-order valence-corrected chi connectivity index (χ1v) is 6.77. The summed E-state index contributed by atoms with van der Waals surface area (Å²) in [7, 11) is 0. The Bertz CT molecular complexity index is 359. The van der Waals surface area contributed by atoms with Crippen LogP contribution in [0.4, 0.5) is 5.69 Å². The van der Waals surface area contributed by atoms with Crippen LogP contribution in [0.2, 0.25) is 0 Å². The van der Waals surface area contributed by atoms with Crippen LogP contribution < -0.4 is 4.90 Å². The van der Waals surface area contributed by atoms with E-state index in [2.05, 4.69) is 18.7 Å². The van der Waals surface area contributed by atoms with Crippen LogP contribution in [-0.4, -0.2) is 24.2 Å². The van der Waals surface area contributed by atoms with Gasteiger partial charge in [0.1, 0.15) is 0 Å². The largest absolute Gasteiger partial charge is 0.478 e. The van der Waals surface area contributed by atoms with Crippen LogP contribution in [0.5, 0.6) is 0 Å². The van der Waals surface area contributed by atoms with Crippen LogP contribution in [0.25, 0.3) is 0 Å². The fourth-order valence-electron chi connectivity index (χ4n) is 2.01. The van der Waals surface area contributed by atoms with Crippen molar-refractivity contribution in [1.82, 2.24) is 0 Å². The molecule has 1 aromatic rings. The average molecular weight is 249 g/mol. The summed E-state index contributed by atoms with van der Waals surface area (Å²) in [6, 6.07) is 7.14. The number of anilines is 1. The summed E-state index contributed by atoms with van der Waals surface area (Å²) < 4.78 is 0. The summed E-state index contributed by atoms with van der Waals surface area (Å²) in [5.41, 5.74) is 1.46. The lowest BCUT2D eigenvalue weighted by atomic mass is 10.1. The molecule has 0 atom stereocenters. The van der Waals surface area contributed by atoms with Crippen molar-refractivity contribution < 1.29 is 9.90 Å². The van der Waals surface area contributed by atoms with Crippen molar-refractivity contribution in [1.29, 1.82) is 0 Å². The van der Waals surface area contributed by atoms with Crippen LogP contribution >= 0.6 is 0 Å². The number of rotatable bonds is 8. The Kier molecular flexibility index (Phi) is 6.26. The van der Waals surface area contributed by atoms with Crippen molar-refractivity contribution >= 4 is 11.7 Å². The zero-order valence-electron chi connectivity index (χ0n) is 11.4. The number of benzene rings is 1. The molecule has 0 saturated carbocycles. The topological polar surface area (TPSA) is 40.5 Å². The van der Waals surface area contributed by atoms with E-state index < -0.39 is 5.97 Å². The fraction of sp³-hybridized carbons (Fsp3) is 0.533. The van der Waals surface area contributed by atoms with Crippen molar-refractivity contribution in [2.75, 3.05) is 18.0 Å². The van der Waals surface area contributed by atoms with Crippen molar-refractivity contribution in [2.24, 2.45) is 0 Å². The van der Waals surface area contributed by atoms with Crippen molar-refractivity contribution in [3.05, 3.63) is 29.8 Å². The summed E-state index contributed by atoms with van der Waals surface area (Å²) in [5.74, 6) is -0.868. The van der Waals surface area contributed by atoms with Gasteiger partial charge in [0, 0.05) is 18.8 Å². The molecule has 0 bridgehead atoms. The predicted molar refractivity (Wildman–Crippen MR) is 75.4 cm³/mol. The molecule has 18 heavy (non-hydrogen) atoms. The van der Waals surface area contributed by atoms with E-state index in [9.17, 15) is 4.79 Å². The van der Waals surface area contributed by atoms with E-state index in [4.69, 9.17) is 5.11 Å². The molecule has 0 spiro atoms. The summed E-state index contributed by atoms with van der Waals surface area (Å²) in [5, 5.41) is 8.86. The van der Waals surface area contributed by atoms with Gasteiger partial charge in [-0.25, -0.2) is 4.79 Å². The van der Waals surface area contributed by atoms with Gasteiger partial charge < -0.3 is 10.0 Å². The van der Waals surface area contributed by atoms with E-state index in [1.165, 1.54) is 25.7 Å². The highest BCUT2D eigenvalue weighted by Crippen LogP contribution is 2.16. The normalized spacial score (nSPS) is 10.3. The first-order chi connectivity index (χ1) is 8.69. The molecule has 0 aliphatic rings. The van der Waals surface area contributed by atoms with E-state index in [0.29, 0.717) is 5.56 Å². The number of carbonyl (C=O) groups is 1. The van der Waals surface area contributed by atoms with Crippen molar-refractivity contribution in [3.63, 3.8) is 0 Å². The standard InChI is InChI=1S/C15H23NO2/c1-3-5-6-7-12-16(4-2)14-10-8-13(9-11-14)15(17)18/h8-11H,3-7,12H2,1-2H3,(H,17,18). The Hall–Kier alpha value is -1.51. The molecular weight excluding hydrogens is 226 g/mol. The zero-order valence-corrected chi connectivity index (χ0v) is 11.4. The number of aromatic carboxylic acids is 1. The summed E-state index contributed by atoms with van der Waals surface area (Å²) in [6.07, 6.45) is 5.00. The second-order valence-electron chi connectivity index (χ2n) is 4.49. The predicted octanol–water partition coefficient (Wildman–Crippen LogP) is 3.79. The molecule has 1 rings (SSSR count). The maximum Gasteiger partial charge on any atom is 0.335 e. The number of hydrogen-bond donors (Lipinski definition) is 1. The van der Waals surface area contributed by atoms with Gasteiger partial charge in [-0.3, -0.25) is 0 Å². The highest BCUT2D eigenvalue weighted by Gasteiger charge is 2.06. The maximum absolute atomic E-state index is 10.8. The van der Waals surface area contributed by atoms with Gasteiger partial charge in [-0.1, -0.05) is 26.2 Å². The van der Waals surface area contributed by atoms with E-state index in [1.54, 1.807) is 12.1 Å². The van der Waals surface area contributed by atoms with Gasteiger partial charge in [-0.15, -0.1) is 0 Å². The minimum Gasteiger partial charge on any atom is -0.478 e. The zero-order chi connectivity index (χ0) is 13.4. The Morgan fingerprint density at radius 3 is 2.28 bits per heavy atom. The molecule has 1 aromatic carbocycles. The van der Waals surface area contributed by atoms with Gasteiger partial charge in [0.05, 0.1) is 5.56 Å². The van der Waals surface area contributed by atoms with E-state index in [-0.39, 0.29) is 0 Å². The molecule has 0 aliphatic carbocycles. The van der Waals surface area contributed by atoms with Crippen LogP contribution in [0.1, 0.15) is 49.9 Å². The summed E-state index contributed by atoms with van der Waals surface area (Å²) >= 11 is 0. The number of hydrogen-bond acceptors (Lipinski definition) is 2. The van der Waals surface area contributed by atoms with Gasteiger partial charge in [-0.05, 0) is 37.6 Å². The van der Waals surface area contributed by atoms with E-state index in [0.717, 1.165) is 18.8 Å². The van der Waals surface area contributed by atoms with Crippen LogP contribution in [0, 0.1) is 0 Å². The maximum atomic E-state index is 10.8. The first-order valence-electron chi connectivity index (χ1n) is 6.77. The highest BCUT2D eigenvalue weighted by molar-refractivity contribution is 5.88. The summed E-state index contributed by atoms with van der Waals surface area (Å²) in [6.45, 7) is 6.34. The third kappa shape index (κ3) is 4.40. The number of carboxylic acids is 1. The lowest BCUT2D eigenvalue weighted by Crippen LogP contribution is -2.23. The monoisotopic (exact) mass is 249 g/mol. The molecule has 3 nitrogen and oxygen atoms in total. The minimum atomic E-state index is -0.868. The van der Waals surface area contributed by atoms with E-state index in [1.807, 2.05) is 12.1 Å². The third-order valence-electron chi connectivity index (χ3n) is 3.14. The molecule has 3 heteroatoms. The van der Waals surface area contributed by atoms with Crippen LogP contribution in [-0.2, 0) is 0 Å². The molecule has 0 radical (unpaired) electrons. The van der Waals surface area contributed by atoms with Gasteiger partial charge in [0.15, 0.2) is 0 Å².